The molecule has 0 saturated heterocycles. The van der Waals surface area contributed by atoms with Crippen molar-refractivity contribution in [3.63, 3.8) is 0 Å². The van der Waals surface area contributed by atoms with Crippen LogP contribution in [0.25, 0.3) is 11.1 Å². The van der Waals surface area contributed by atoms with Gasteiger partial charge < -0.3 is 15.2 Å². The first kappa shape index (κ1) is 17.5. The smallest absolute Gasteiger partial charge is 0.288 e. The summed E-state index contributed by atoms with van der Waals surface area (Å²) in [4.78, 5) is 22.0. The molecule has 0 fully saturated rings. The van der Waals surface area contributed by atoms with Crippen LogP contribution < -0.4 is 10.1 Å². The van der Waals surface area contributed by atoms with Crippen molar-refractivity contribution in [2.24, 2.45) is 0 Å². The summed E-state index contributed by atoms with van der Waals surface area (Å²) in [5.74, 6) is 0.126. The summed E-state index contributed by atoms with van der Waals surface area (Å²) in [5, 5.41) is 12.0. The van der Waals surface area contributed by atoms with E-state index in [1.54, 1.807) is 36.4 Å². The van der Waals surface area contributed by atoms with Gasteiger partial charge >= 0.3 is 0 Å². The van der Waals surface area contributed by atoms with Crippen molar-refractivity contribution >= 4 is 17.9 Å². The summed E-state index contributed by atoms with van der Waals surface area (Å²) in [7, 11) is 0. The maximum Gasteiger partial charge on any atom is 0.288 e. The van der Waals surface area contributed by atoms with Crippen molar-refractivity contribution in [2.75, 3.05) is 5.32 Å². The van der Waals surface area contributed by atoms with Crippen molar-refractivity contribution in [3.8, 4) is 22.6 Å². The summed E-state index contributed by atoms with van der Waals surface area (Å²) in [6.45, 7) is 4.13. The molecule has 2 aromatic rings. The van der Waals surface area contributed by atoms with E-state index in [0.717, 1.165) is 18.4 Å². The van der Waals surface area contributed by atoms with Crippen LogP contribution in [0.4, 0.5) is 5.69 Å². The predicted molar refractivity (Wildman–Crippen MR) is 93.2 cm³/mol. The van der Waals surface area contributed by atoms with E-state index in [1.807, 2.05) is 6.07 Å². The Balaban J connectivity index is 2.42. The molecule has 0 radical (unpaired) electrons. The van der Waals surface area contributed by atoms with Crippen LogP contribution in [0.2, 0.25) is 0 Å². The number of phenolic OH excluding ortho intramolecular Hbond substituents is 1. The fraction of sp³-hybridized carbons (Fsp3) is 0.263. The summed E-state index contributed by atoms with van der Waals surface area (Å²) in [5.41, 5.74) is 2.02. The molecule has 1 amide bonds. The van der Waals surface area contributed by atoms with E-state index in [9.17, 15) is 14.7 Å². The lowest BCUT2D eigenvalue weighted by atomic mass is 10.0. The Hall–Kier alpha value is -2.82. The number of rotatable bonds is 7. The van der Waals surface area contributed by atoms with E-state index < -0.39 is 5.91 Å². The van der Waals surface area contributed by atoms with Crippen LogP contribution >= 0.6 is 0 Å². The number of aldehydes is 1. The van der Waals surface area contributed by atoms with Gasteiger partial charge in [-0.15, -0.1) is 0 Å². The Kier molecular flexibility index (Phi) is 5.95. The van der Waals surface area contributed by atoms with Crippen molar-refractivity contribution in [3.05, 3.63) is 42.5 Å². The molecule has 0 unspecified atom stereocenters. The van der Waals surface area contributed by atoms with Crippen LogP contribution in [0, 0.1) is 0 Å². The predicted octanol–water partition coefficient (Wildman–Crippen LogP) is 3.76. The number of hydrogen-bond acceptors (Lipinski definition) is 4. The second kappa shape index (κ2) is 8.15. The minimum atomic E-state index is -0.719. The summed E-state index contributed by atoms with van der Waals surface area (Å²) in [6.07, 6.45) is 2.14. The molecule has 0 aromatic heterocycles. The van der Waals surface area contributed by atoms with Gasteiger partial charge in [0.15, 0.2) is 0 Å². The largest absolute Gasteiger partial charge is 0.508 e. The van der Waals surface area contributed by atoms with Crippen molar-refractivity contribution in [1.82, 2.24) is 0 Å². The number of carbonyl (C=O) groups is 2. The second-order valence-corrected chi connectivity index (χ2v) is 5.42. The number of anilines is 1. The molecule has 2 aromatic carbocycles. The zero-order valence-corrected chi connectivity index (χ0v) is 13.8. The number of aromatic hydroxyl groups is 1. The van der Waals surface area contributed by atoms with E-state index >= 15 is 0 Å². The summed E-state index contributed by atoms with van der Waals surface area (Å²) >= 11 is 0. The van der Waals surface area contributed by atoms with Crippen molar-refractivity contribution in [2.45, 2.75) is 32.8 Å². The molecule has 2 rings (SSSR count). The standard InChI is InChI=1S/C19H21NO4/c1-3-15(4-2)24-16-9-10-18(20-19(23)12-21)17(11-16)13-5-7-14(22)8-6-13/h5-12,15,22H,3-4H2,1-2H3,(H,20,23). The first-order chi connectivity index (χ1) is 11.6. The van der Waals surface area contributed by atoms with Crippen LogP contribution in [-0.4, -0.2) is 23.4 Å². The first-order valence-corrected chi connectivity index (χ1v) is 7.93. The van der Waals surface area contributed by atoms with Gasteiger partial charge in [-0.1, -0.05) is 26.0 Å². The van der Waals surface area contributed by atoms with Gasteiger partial charge in [0.05, 0.1) is 6.10 Å². The molecule has 5 nitrogen and oxygen atoms in total. The molecule has 0 aliphatic rings. The minimum absolute atomic E-state index is 0.119. The van der Waals surface area contributed by atoms with Crippen LogP contribution in [0.5, 0.6) is 11.5 Å². The van der Waals surface area contributed by atoms with Gasteiger partial charge in [-0.05, 0) is 48.7 Å². The number of ether oxygens (including phenoxy) is 1. The number of nitrogens with one attached hydrogen (secondary N) is 1. The quantitative estimate of drug-likeness (QED) is 0.599. The minimum Gasteiger partial charge on any atom is -0.508 e. The highest BCUT2D eigenvalue weighted by Crippen LogP contribution is 2.33. The molecule has 126 valence electrons. The van der Waals surface area contributed by atoms with Gasteiger partial charge in [0.25, 0.3) is 5.91 Å². The van der Waals surface area contributed by atoms with Gasteiger partial charge in [0.1, 0.15) is 11.5 Å². The van der Waals surface area contributed by atoms with Gasteiger partial charge in [-0.25, -0.2) is 0 Å². The second-order valence-electron chi connectivity index (χ2n) is 5.42. The van der Waals surface area contributed by atoms with Crippen LogP contribution in [0.3, 0.4) is 0 Å². The topological polar surface area (TPSA) is 75.6 Å². The molecule has 2 N–H and O–H groups in total. The summed E-state index contributed by atoms with van der Waals surface area (Å²) in [6, 6.07) is 11.9. The first-order valence-electron chi connectivity index (χ1n) is 7.93. The molecule has 0 heterocycles. The van der Waals surface area contributed by atoms with Crippen LogP contribution in [0.15, 0.2) is 42.5 Å². The van der Waals surface area contributed by atoms with Crippen molar-refractivity contribution < 1.29 is 19.4 Å². The van der Waals surface area contributed by atoms with E-state index in [2.05, 4.69) is 19.2 Å². The number of phenols is 1. The molecule has 5 heteroatoms. The van der Waals surface area contributed by atoms with E-state index in [4.69, 9.17) is 4.74 Å². The Morgan fingerprint density at radius 2 is 1.83 bits per heavy atom. The highest BCUT2D eigenvalue weighted by atomic mass is 16.5. The lowest BCUT2D eigenvalue weighted by Gasteiger charge is -2.18. The van der Waals surface area contributed by atoms with E-state index in [1.165, 1.54) is 0 Å². The van der Waals surface area contributed by atoms with Gasteiger partial charge in [0.2, 0.25) is 6.29 Å². The molecule has 24 heavy (non-hydrogen) atoms. The summed E-state index contributed by atoms with van der Waals surface area (Å²) < 4.78 is 5.95. The monoisotopic (exact) mass is 327 g/mol. The Morgan fingerprint density at radius 1 is 1.17 bits per heavy atom. The fourth-order valence-electron chi connectivity index (χ4n) is 2.40. The highest BCUT2D eigenvalue weighted by Gasteiger charge is 2.12. The number of benzene rings is 2. The molecule has 0 spiro atoms. The highest BCUT2D eigenvalue weighted by molar-refractivity contribution is 6.30. The van der Waals surface area contributed by atoms with Gasteiger partial charge in [-0.3, -0.25) is 9.59 Å². The number of carbonyl (C=O) groups excluding carboxylic acids is 2. The Labute approximate surface area is 141 Å². The molecular formula is C19H21NO4. The van der Waals surface area contributed by atoms with Gasteiger partial charge in [-0.2, -0.15) is 0 Å². The van der Waals surface area contributed by atoms with Crippen LogP contribution in [0.1, 0.15) is 26.7 Å². The molecule has 0 bridgehead atoms. The van der Waals surface area contributed by atoms with E-state index in [0.29, 0.717) is 17.0 Å². The number of amides is 1. The fourth-order valence-corrected chi connectivity index (χ4v) is 2.40. The Bertz CT molecular complexity index is 706. The van der Waals surface area contributed by atoms with Gasteiger partial charge in [0, 0.05) is 11.3 Å². The maximum absolute atomic E-state index is 11.4. The average Bonchev–Trinajstić information content (AvgIpc) is 2.61. The third kappa shape index (κ3) is 4.35. The van der Waals surface area contributed by atoms with Crippen LogP contribution in [-0.2, 0) is 9.59 Å². The molecule has 0 aliphatic heterocycles. The zero-order valence-electron chi connectivity index (χ0n) is 13.8. The molecule has 0 saturated carbocycles. The maximum atomic E-state index is 11.4. The molecular weight excluding hydrogens is 306 g/mol. The third-order valence-corrected chi connectivity index (χ3v) is 3.75. The van der Waals surface area contributed by atoms with Crippen molar-refractivity contribution in [1.29, 1.82) is 0 Å². The lowest BCUT2D eigenvalue weighted by Crippen LogP contribution is -2.15. The normalized spacial score (nSPS) is 10.5. The SMILES string of the molecule is CCC(CC)Oc1ccc(NC(=O)C=O)c(-c2ccc(O)cc2)c1. The average molecular weight is 327 g/mol. The van der Waals surface area contributed by atoms with E-state index in [-0.39, 0.29) is 18.1 Å². The zero-order chi connectivity index (χ0) is 17.5. The number of hydrogen-bond donors (Lipinski definition) is 2. The Morgan fingerprint density at radius 3 is 2.42 bits per heavy atom. The molecule has 0 aliphatic carbocycles. The third-order valence-electron chi connectivity index (χ3n) is 3.75. The lowest BCUT2D eigenvalue weighted by molar-refractivity contribution is -0.127. The molecule has 0 atom stereocenters.